The van der Waals surface area contributed by atoms with Crippen LogP contribution in [0.1, 0.15) is 5.82 Å². The van der Waals surface area contributed by atoms with Crippen LogP contribution in [0.4, 0.5) is 27.7 Å². The van der Waals surface area contributed by atoms with E-state index < -0.39 is 0 Å². The van der Waals surface area contributed by atoms with Gasteiger partial charge in [-0.15, -0.1) is 0 Å². The van der Waals surface area contributed by atoms with Gasteiger partial charge in [-0.3, -0.25) is 4.90 Å². The first kappa shape index (κ1) is 21.1. The van der Waals surface area contributed by atoms with Gasteiger partial charge in [-0.25, -0.2) is 4.39 Å². The molecule has 1 aromatic heterocycles. The summed E-state index contributed by atoms with van der Waals surface area (Å²) in [6, 6.07) is 12.1. The van der Waals surface area contributed by atoms with Crippen LogP contribution in [0.15, 0.2) is 42.5 Å². The lowest BCUT2D eigenvalue weighted by Crippen LogP contribution is -2.46. The first-order valence-electron chi connectivity index (χ1n) is 9.84. The van der Waals surface area contributed by atoms with Crippen molar-refractivity contribution in [3.8, 4) is 5.75 Å². The van der Waals surface area contributed by atoms with Gasteiger partial charge in [0.1, 0.15) is 17.4 Å². The van der Waals surface area contributed by atoms with E-state index in [0.717, 1.165) is 13.1 Å². The molecule has 8 nitrogen and oxygen atoms in total. The Morgan fingerprint density at radius 3 is 2.61 bits per heavy atom. The van der Waals surface area contributed by atoms with E-state index in [4.69, 9.17) is 22.1 Å². The predicted octanol–water partition coefficient (Wildman–Crippen LogP) is 3.32. The molecule has 1 aliphatic rings. The minimum absolute atomic E-state index is 0.124. The van der Waals surface area contributed by atoms with Crippen molar-refractivity contribution < 1.29 is 9.13 Å². The van der Waals surface area contributed by atoms with Gasteiger partial charge in [-0.05, 0) is 30.3 Å². The van der Waals surface area contributed by atoms with Gasteiger partial charge in [-0.1, -0.05) is 23.7 Å². The van der Waals surface area contributed by atoms with Crippen LogP contribution in [-0.2, 0) is 6.54 Å². The van der Waals surface area contributed by atoms with Crippen molar-refractivity contribution in [2.75, 3.05) is 49.2 Å². The Bertz CT molecular complexity index is 1060. The van der Waals surface area contributed by atoms with Crippen molar-refractivity contribution in [2.24, 2.45) is 0 Å². The lowest BCUT2D eigenvalue weighted by atomic mass is 10.2. The van der Waals surface area contributed by atoms with E-state index in [2.05, 4.69) is 25.2 Å². The molecule has 10 heteroatoms. The lowest BCUT2D eigenvalue weighted by Gasteiger charge is -2.35. The van der Waals surface area contributed by atoms with Crippen LogP contribution in [0.2, 0.25) is 5.02 Å². The number of benzene rings is 2. The van der Waals surface area contributed by atoms with Gasteiger partial charge in [0, 0.05) is 31.2 Å². The van der Waals surface area contributed by atoms with Gasteiger partial charge >= 0.3 is 0 Å². The number of nitrogens with zero attached hydrogens (tertiary/aromatic N) is 5. The number of hydrogen-bond donors (Lipinski definition) is 2. The smallest absolute Gasteiger partial charge is 0.232 e. The van der Waals surface area contributed by atoms with E-state index in [1.165, 1.54) is 6.07 Å². The second kappa shape index (κ2) is 9.32. The van der Waals surface area contributed by atoms with E-state index in [-0.39, 0.29) is 11.8 Å². The van der Waals surface area contributed by atoms with E-state index in [0.29, 0.717) is 53.6 Å². The summed E-state index contributed by atoms with van der Waals surface area (Å²) in [5.41, 5.74) is 7.17. The average Bonchev–Trinajstić information content (AvgIpc) is 2.75. The molecule has 0 aliphatic carbocycles. The lowest BCUT2D eigenvalue weighted by molar-refractivity contribution is 0.243. The molecule has 31 heavy (non-hydrogen) atoms. The van der Waals surface area contributed by atoms with Gasteiger partial charge in [0.05, 0.1) is 25.0 Å². The zero-order valence-corrected chi connectivity index (χ0v) is 17.8. The monoisotopic (exact) mass is 443 g/mol. The summed E-state index contributed by atoms with van der Waals surface area (Å²) in [7, 11) is 1.57. The third-order valence-electron chi connectivity index (χ3n) is 5.04. The molecule has 162 valence electrons. The van der Waals surface area contributed by atoms with Crippen molar-refractivity contribution in [3.05, 3.63) is 59.1 Å². The number of nitrogen functional groups attached to an aromatic ring is 1. The number of halogens is 2. The molecule has 3 aromatic rings. The van der Waals surface area contributed by atoms with Crippen molar-refractivity contribution in [3.63, 3.8) is 0 Å². The fourth-order valence-corrected chi connectivity index (χ4v) is 3.69. The molecule has 0 amide bonds. The Balaban J connectivity index is 1.43. The summed E-state index contributed by atoms with van der Waals surface area (Å²) in [5, 5.41) is 3.65. The van der Waals surface area contributed by atoms with Gasteiger partial charge < -0.3 is 20.7 Å². The summed E-state index contributed by atoms with van der Waals surface area (Å²) in [6.45, 7) is 3.45. The zero-order chi connectivity index (χ0) is 21.8. The van der Waals surface area contributed by atoms with Crippen molar-refractivity contribution in [1.29, 1.82) is 0 Å². The predicted molar refractivity (Wildman–Crippen MR) is 119 cm³/mol. The Kier molecular flexibility index (Phi) is 6.34. The summed E-state index contributed by atoms with van der Waals surface area (Å²) in [5.74, 6) is 1.39. The quantitative estimate of drug-likeness (QED) is 0.599. The van der Waals surface area contributed by atoms with Gasteiger partial charge in [0.2, 0.25) is 11.9 Å². The van der Waals surface area contributed by atoms with Crippen LogP contribution < -0.4 is 20.7 Å². The zero-order valence-electron chi connectivity index (χ0n) is 17.1. The average molecular weight is 444 g/mol. The first-order chi connectivity index (χ1) is 15.0. The molecule has 0 bridgehead atoms. The second-order valence-electron chi connectivity index (χ2n) is 7.12. The Hall–Kier alpha value is -3.17. The Morgan fingerprint density at radius 2 is 1.87 bits per heavy atom. The fourth-order valence-electron chi connectivity index (χ4n) is 3.52. The van der Waals surface area contributed by atoms with Crippen LogP contribution in [0.5, 0.6) is 5.75 Å². The summed E-state index contributed by atoms with van der Waals surface area (Å²) >= 11 is 6.09. The summed E-state index contributed by atoms with van der Waals surface area (Å²) in [4.78, 5) is 17.2. The van der Waals surface area contributed by atoms with Crippen LogP contribution in [-0.4, -0.2) is 53.1 Å². The maximum Gasteiger partial charge on any atom is 0.232 e. The number of ether oxygens (including phenoxy) is 1. The van der Waals surface area contributed by atoms with Gasteiger partial charge in [0.25, 0.3) is 0 Å². The van der Waals surface area contributed by atoms with Crippen LogP contribution in [0.25, 0.3) is 0 Å². The van der Waals surface area contributed by atoms with Crippen molar-refractivity contribution in [2.45, 2.75) is 6.54 Å². The van der Waals surface area contributed by atoms with Crippen LogP contribution in [0.3, 0.4) is 0 Å². The standard InChI is InChI=1S/C21H23ClFN7O/c1-31-18-7-6-14(22)12-16(18)25-21-27-19(26-20(24)28-21)13-29-8-10-30(11-9-29)17-5-3-2-4-15(17)23/h2-7,12H,8-11,13H2,1H3,(H3,24,25,26,27,28). The highest BCUT2D eigenvalue weighted by Crippen LogP contribution is 2.29. The van der Waals surface area contributed by atoms with E-state index in [1.807, 2.05) is 11.0 Å². The maximum atomic E-state index is 14.0. The summed E-state index contributed by atoms with van der Waals surface area (Å²) < 4.78 is 19.4. The van der Waals surface area contributed by atoms with E-state index >= 15 is 0 Å². The van der Waals surface area contributed by atoms with Crippen LogP contribution >= 0.6 is 11.6 Å². The number of piperazine rings is 1. The molecule has 1 fully saturated rings. The molecule has 0 radical (unpaired) electrons. The SMILES string of the molecule is COc1ccc(Cl)cc1Nc1nc(N)nc(CN2CCN(c3ccccc3F)CC2)n1. The molecule has 0 spiro atoms. The van der Waals surface area contributed by atoms with Crippen molar-refractivity contribution >= 4 is 34.9 Å². The number of aromatic nitrogens is 3. The second-order valence-corrected chi connectivity index (χ2v) is 7.55. The van der Waals surface area contributed by atoms with Gasteiger partial charge in [0.15, 0.2) is 0 Å². The molecule has 1 aliphatic heterocycles. The molecular formula is C21H23ClFN7O. The molecule has 0 saturated carbocycles. The number of nitrogens with one attached hydrogen (secondary N) is 1. The van der Waals surface area contributed by atoms with Gasteiger partial charge in [-0.2, -0.15) is 15.0 Å². The number of para-hydroxylation sites is 1. The highest BCUT2D eigenvalue weighted by molar-refractivity contribution is 6.31. The van der Waals surface area contributed by atoms with Crippen molar-refractivity contribution in [1.82, 2.24) is 19.9 Å². The molecule has 4 rings (SSSR count). The summed E-state index contributed by atoms with van der Waals surface area (Å²) in [6.07, 6.45) is 0. The molecule has 2 heterocycles. The molecule has 0 atom stereocenters. The van der Waals surface area contributed by atoms with Crippen LogP contribution in [0, 0.1) is 5.82 Å². The molecular weight excluding hydrogens is 421 g/mol. The molecule has 2 aromatic carbocycles. The topological polar surface area (TPSA) is 92.4 Å². The largest absolute Gasteiger partial charge is 0.495 e. The third-order valence-corrected chi connectivity index (χ3v) is 5.27. The first-order valence-corrected chi connectivity index (χ1v) is 10.2. The minimum Gasteiger partial charge on any atom is -0.495 e. The van der Waals surface area contributed by atoms with E-state index in [1.54, 1.807) is 37.4 Å². The Morgan fingerprint density at radius 1 is 1.10 bits per heavy atom. The number of hydrogen-bond acceptors (Lipinski definition) is 8. The normalized spacial score (nSPS) is 14.5. The highest BCUT2D eigenvalue weighted by atomic mass is 35.5. The Labute approximate surface area is 184 Å². The highest BCUT2D eigenvalue weighted by Gasteiger charge is 2.20. The minimum atomic E-state index is -0.201. The number of nitrogens with two attached hydrogens (primary N) is 1. The third kappa shape index (κ3) is 5.12. The molecule has 3 N–H and O–H groups in total. The van der Waals surface area contributed by atoms with E-state index in [9.17, 15) is 4.39 Å². The number of methoxy groups -OCH3 is 1. The maximum absolute atomic E-state index is 14.0. The number of rotatable bonds is 6. The fraction of sp³-hybridized carbons (Fsp3) is 0.286. The number of anilines is 4. The molecule has 0 unspecified atom stereocenters. The molecule has 1 saturated heterocycles.